The Labute approximate surface area is 253 Å². The molecule has 3 aromatic carbocycles. The zero-order chi connectivity index (χ0) is 30.4. The number of quaternary nitrogens is 1. The Bertz CT molecular complexity index is 1400. The van der Waals surface area contributed by atoms with Gasteiger partial charge in [0.15, 0.2) is 0 Å². The van der Waals surface area contributed by atoms with Crippen LogP contribution in [-0.2, 0) is 24.1 Å². The number of aliphatic hydroxyl groups excluding tert-OH is 1. The molecule has 228 valence electrons. The molecule has 2 amide bonds. The smallest absolute Gasteiger partial charge is 0.254 e. The highest BCUT2D eigenvalue weighted by Crippen LogP contribution is 2.34. The molecular formula is C34H42N3O6+. The van der Waals surface area contributed by atoms with Gasteiger partial charge in [0.2, 0.25) is 0 Å². The topological polar surface area (TPSA) is 97.3 Å². The van der Waals surface area contributed by atoms with E-state index >= 15 is 0 Å². The lowest BCUT2D eigenvalue weighted by Gasteiger charge is -2.42. The van der Waals surface area contributed by atoms with E-state index in [4.69, 9.17) is 14.2 Å². The first-order chi connectivity index (χ1) is 20.8. The highest BCUT2D eigenvalue weighted by atomic mass is 16.5. The van der Waals surface area contributed by atoms with Crippen molar-refractivity contribution in [2.45, 2.75) is 31.5 Å². The van der Waals surface area contributed by atoms with Crippen LogP contribution in [0.15, 0.2) is 66.7 Å². The summed E-state index contributed by atoms with van der Waals surface area (Å²) in [6.45, 7) is 3.40. The molecule has 0 spiro atoms. The van der Waals surface area contributed by atoms with E-state index in [1.807, 2.05) is 18.2 Å². The van der Waals surface area contributed by atoms with Crippen LogP contribution >= 0.6 is 0 Å². The minimum Gasteiger partial charge on any atom is -0.497 e. The molecule has 2 atom stereocenters. The van der Waals surface area contributed by atoms with Gasteiger partial charge < -0.3 is 34.0 Å². The number of benzene rings is 3. The second kappa shape index (κ2) is 13.6. The van der Waals surface area contributed by atoms with E-state index in [1.165, 1.54) is 11.1 Å². The number of ether oxygens (including phenoxy) is 3. The summed E-state index contributed by atoms with van der Waals surface area (Å²) in [7, 11) is 5.47. The fourth-order valence-corrected chi connectivity index (χ4v) is 6.26. The molecule has 1 fully saturated rings. The van der Waals surface area contributed by atoms with Crippen molar-refractivity contribution < 1.29 is 33.4 Å². The number of rotatable bonds is 11. The molecule has 1 saturated heterocycles. The summed E-state index contributed by atoms with van der Waals surface area (Å²) in [6, 6.07) is 21.3. The van der Waals surface area contributed by atoms with E-state index < -0.39 is 6.10 Å². The summed E-state index contributed by atoms with van der Waals surface area (Å²) >= 11 is 0. The van der Waals surface area contributed by atoms with Crippen LogP contribution in [0, 0.1) is 0 Å². The Balaban J connectivity index is 1.25. The standard InChI is InChI=1S/C34H41N3O6/c1-37(29-18-26-6-4-5-7-27(26)19-29,22-28-12-13-31(41-2)20-32(28)42-3)23-30(38)21-35-33(39)24-8-10-25(11-9-24)34(40)36-14-16-43-17-15-36/h4-13,20,29-30,38H,14-19,21-23H2,1-3H3/p+1. The summed E-state index contributed by atoms with van der Waals surface area (Å²) in [5.74, 6) is 1.12. The van der Waals surface area contributed by atoms with Gasteiger partial charge >= 0.3 is 0 Å². The van der Waals surface area contributed by atoms with Crippen molar-refractivity contribution >= 4 is 11.8 Å². The van der Waals surface area contributed by atoms with Crippen LogP contribution in [0.5, 0.6) is 11.5 Å². The van der Waals surface area contributed by atoms with Gasteiger partial charge in [0.05, 0.1) is 40.5 Å². The Hall–Kier alpha value is -3.92. The maximum Gasteiger partial charge on any atom is 0.254 e. The second-order valence-electron chi connectivity index (χ2n) is 11.7. The number of nitrogens with zero attached hydrogens (tertiary/aromatic N) is 2. The monoisotopic (exact) mass is 588 g/mol. The van der Waals surface area contributed by atoms with Crippen molar-refractivity contribution in [2.75, 3.05) is 60.7 Å². The van der Waals surface area contributed by atoms with Crippen LogP contribution in [0.4, 0.5) is 0 Å². The third-order valence-electron chi connectivity index (χ3n) is 8.76. The Morgan fingerprint density at radius 2 is 1.63 bits per heavy atom. The van der Waals surface area contributed by atoms with Gasteiger partial charge in [-0.1, -0.05) is 24.3 Å². The molecule has 3 aromatic rings. The summed E-state index contributed by atoms with van der Waals surface area (Å²) in [6.07, 6.45) is 1.06. The van der Waals surface area contributed by atoms with Crippen molar-refractivity contribution in [2.24, 2.45) is 0 Å². The molecule has 43 heavy (non-hydrogen) atoms. The SMILES string of the molecule is COc1ccc(C[N+](C)(CC(O)CNC(=O)c2ccc(C(=O)N3CCOCC3)cc2)C2Cc3ccccc3C2)c(OC)c1. The minimum atomic E-state index is -0.774. The maximum atomic E-state index is 13.0. The molecule has 1 aliphatic heterocycles. The fraction of sp³-hybridized carbons (Fsp3) is 0.412. The van der Waals surface area contributed by atoms with Gasteiger partial charge in [-0.25, -0.2) is 0 Å². The highest BCUT2D eigenvalue weighted by molar-refractivity contribution is 5.97. The predicted molar refractivity (Wildman–Crippen MR) is 163 cm³/mol. The van der Waals surface area contributed by atoms with E-state index in [-0.39, 0.29) is 24.4 Å². The molecular weight excluding hydrogens is 546 g/mol. The third-order valence-corrected chi connectivity index (χ3v) is 8.76. The van der Waals surface area contributed by atoms with Crippen LogP contribution in [0.25, 0.3) is 0 Å². The molecule has 2 aliphatic rings. The van der Waals surface area contributed by atoms with Gasteiger partial charge in [-0.15, -0.1) is 0 Å². The van der Waals surface area contributed by atoms with E-state index in [2.05, 4.69) is 36.6 Å². The number of likely N-dealkylation sites (N-methyl/N-ethyl adjacent to an activating group) is 1. The number of carbonyl (C=O) groups excluding carboxylic acids is 2. The number of aliphatic hydroxyl groups is 1. The molecule has 0 aromatic heterocycles. The van der Waals surface area contributed by atoms with Crippen LogP contribution in [-0.4, -0.2) is 99.1 Å². The summed E-state index contributed by atoms with van der Waals surface area (Å²) in [4.78, 5) is 27.5. The normalized spacial score (nSPS) is 17.1. The molecule has 5 rings (SSSR count). The Kier molecular flexibility index (Phi) is 9.65. The van der Waals surface area contributed by atoms with Gasteiger partial charge in [0, 0.05) is 55.2 Å². The lowest BCUT2D eigenvalue weighted by Crippen LogP contribution is -2.57. The minimum absolute atomic E-state index is 0.0645. The molecule has 1 aliphatic carbocycles. The van der Waals surface area contributed by atoms with Crippen LogP contribution in [0.1, 0.15) is 37.4 Å². The predicted octanol–water partition coefficient (Wildman–Crippen LogP) is 3.08. The fourth-order valence-electron chi connectivity index (χ4n) is 6.26. The third kappa shape index (κ3) is 7.18. The summed E-state index contributed by atoms with van der Waals surface area (Å²) in [5.41, 5.74) is 4.70. The van der Waals surface area contributed by atoms with E-state index in [1.54, 1.807) is 43.4 Å². The first kappa shape index (κ1) is 30.5. The van der Waals surface area contributed by atoms with Crippen molar-refractivity contribution in [3.05, 3.63) is 94.5 Å². The molecule has 0 saturated carbocycles. The van der Waals surface area contributed by atoms with Gasteiger partial charge in [-0.3, -0.25) is 9.59 Å². The Morgan fingerprint density at radius 1 is 0.977 bits per heavy atom. The van der Waals surface area contributed by atoms with Crippen molar-refractivity contribution in [3.8, 4) is 11.5 Å². The summed E-state index contributed by atoms with van der Waals surface area (Å²) in [5, 5.41) is 14.2. The number of hydrogen-bond donors (Lipinski definition) is 2. The van der Waals surface area contributed by atoms with Crippen LogP contribution in [0.3, 0.4) is 0 Å². The largest absolute Gasteiger partial charge is 0.497 e. The van der Waals surface area contributed by atoms with Gasteiger partial charge in [-0.05, 0) is 47.5 Å². The van der Waals surface area contributed by atoms with Crippen LogP contribution in [0.2, 0.25) is 0 Å². The molecule has 1 heterocycles. The molecule has 2 unspecified atom stereocenters. The van der Waals surface area contributed by atoms with E-state index in [0.717, 1.165) is 29.9 Å². The Morgan fingerprint density at radius 3 is 2.26 bits per heavy atom. The second-order valence-corrected chi connectivity index (χ2v) is 11.7. The van der Waals surface area contributed by atoms with E-state index in [9.17, 15) is 14.7 Å². The average Bonchev–Trinajstić information content (AvgIpc) is 3.49. The number of nitrogens with one attached hydrogen (secondary N) is 1. The number of hydrogen-bond acceptors (Lipinski definition) is 6. The zero-order valence-corrected chi connectivity index (χ0v) is 25.3. The summed E-state index contributed by atoms with van der Waals surface area (Å²) < 4.78 is 17.0. The zero-order valence-electron chi connectivity index (χ0n) is 25.3. The van der Waals surface area contributed by atoms with Crippen molar-refractivity contribution in [1.29, 1.82) is 0 Å². The van der Waals surface area contributed by atoms with Crippen molar-refractivity contribution in [1.82, 2.24) is 10.2 Å². The van der Waals surface area contributed by atoms with Gasteiger partial charge in [-0.2, -0.15) is 0 Å². The van der Waals surface area contributed by atoms with Gasteiger partial charge in [0.25, 0.3) is 11.8 Å². The first-order valence-electron chi connectivity index (χ1n) is 14.8. The number of fused-ring (bicyclic) bond motifs is 1. The molecule has 2 N–H and O–H groups in total. The number of amides is 2. The number of morpholine rings is 1. The molecule has 0 bridgehead atoms. The maximum absolute atomic E-state index is 13.0. The quantitative estimate of drug-likeness (QED) is 0.334. The lowest BCUT2D eigenvalue weighted by molar-refractivity contribution is -0.947. The number of carbonyl (C=O) groups is 2. The molecule has 0 radical (unpaired) electrons. The average molecular weight is 589 g/mol. The number of methoxy groups -OCH3 is 2. The highest BCUT2D eigenvalue weighted by Gasteiger charge is 2.39. The molecule has 9 heteroatoms. The van der Waals surface area contributed by atoms with Crippen LogP contribution < -0.4 is 14.8 Å². The lowest BCUT2D eigenvalue weighted by atomic mass is 10.0. The van der Waals surface area contributed by atoms with Crippen molar-refractivity contribution in [3.63, 3.8) is 0 Å². The first-order valence-corrected chi connectivity index (χ1v) is 14.8. The molecule has 9 nitrogen and oxygen atoms in total. The van der Waals surface area contributed by atoms with E-state index in [0.29, 0.717) is 55.0 Å². The van der Waals surface area contributed by atoms with Gasteiger partial charge in [0.1, 0.15) is 30.7 Å².